The number of ether oxygens (including phenoxy) is 1. The molecule has 2 heterocycles. The van der Waals surface area contributed by atoms with E-state index in [-0.39, 0.29) is 22.7 Å². The van der Waals surface area contributed by atoms with Crippen LogP contribution in [0.3, 0.4) is 0 Å². The summed E-state index contributed by atoms with van der Waals surface area (Å²) in [6, 6.07) is 8.39. The minimum absolute atomic E-state index is 0.0595. The van der Waals surface area contributed by atoms with E-state index in [2.05, 4.69) is 41.2 Å². The lowest BCUT2D eigenvalue weighted by Crippen LogP contribution is -2.53. The number of hydrogen-bond donors (Lipinski definition) is 3. The van der Waals surface area contributed by atoms with E-state index in [0.717, 1.165) is 24.0 Å². The molecule has 9 heteroatoms. The molecular weight excluding hydrogens is 428 g/mol. The first-order chi connectivity index (χ1) is 15.6. The van der Waals surface area contributed by atoms with Crippen molar-refractivity contribution in [1.82, 2.24) is 14.9 Å². The minimum atomic E-state index is -2.87. The fourth-order valence-electron chi connectivity index (χ4n) is 4.76. The Morgan fingerprint density at radius 2 is 1.94 bits per heavy atom. The normalized spacial score (nSPS) is 22.1. The molecule has 1 aliphatic rings. The van der Waals surface area contributed by atoms with Crippen molar-refractivity contribution in [2.24, 2.45) is 11.1 Å². The average Bonchev–Trinajstić information content (AvgIpc) is 3.29. The number of rotatable bonds is 7. The number of alkyl halides is 2. The van der Waals surface area contributed by atoms with Crippen LogP contribution in [0.15, 0.2) is 42.7 Å². The highest BCUT2D eigenvalue weighted by Gasteiger charge is 2.51. The topological polar surface area (TPSA) is 93.7 Å². The first kappa shape index (κ1) is 23.0. The van der Waals surface area contributed by atoms with Crippen molar-refractivity contribution in [1.29, 1.82) is 0 Å². The number of nitrogens with two attached hydrogens (primary N) is 1. The van der Waals surface area contributed by atoms with Gasteiger partial charge >= 0.3 is 6.61 Å². The van der Waals surface area contributed by atoms with Crippen LogP contribution in [0.2, 0.25) is 0 Å². The Morgan fingerprint density at radius 3 is 2.52 bits per heavy atom. The van der Waals surface area contributed by atoms with E-state index in [0.29, 0.717) is 16.8 Å². The van der Waals surface area contributed by atoms with Gasteiger partial charge in [0.05, 0.1) is 23.0 Å². The monoisotopic (exact) mass is 457 g/mol. The Kier molecular flexibility index (Phi) is 5.78. The Hall–Kier alpha value is -3.20. The van der Waals surface area contributed by atoms with E-state index in [9.17, 15) is 13.6 Å². The molecule has 1 fully saturated rings. The second-order valence-electron chi connectivity index (χ2n) is 9.30. The number of anilines is 1. The first-order valence-electron chi connectivity index (χ1n) is 10.9. The highest BCUT2D eigenvalue weighted by molar-refractivity contribution is 6.02. The van der Waals surface area contributed by atoms with E-state index in [1.807, 2.05) is 19.3 Å². The van der Waals surface area contributed by atoms with Crippen molar-refractivity contribution in [3.8, 4) is 16.9 Å². The molecule has 4 rings (SSSR count). The van der Waals surface area contributed by atoms with Crippen LogP contribution in [0, 0.1) is 5.41 Å². The third-order valence-corrected chi connectivity index (χ3v) is 7.41. The van der Waals surface area contributed by atoms with Gasteiger partial charge in [-0.3, -0.25) is 4.79 Å². The fourth-order valence-corrected chi connectivity index (χ4v) is 4.76. The Morgan fingerprint density at radius 1 is 1.24 bits per heavy atom. The zero-order valence-electron chi connectivity index (χ0n) is 19.2. The van der Waals surface area contributed by atoms with Crippen molar-refractivity contribution in [3.05, 3.63) is 48.3 Å². The van der Waals surface area contributed by atoms with Crippen LogP contribution < -0.4 is 21.1 Å². The van der Waals surface area contributed by atoms with Crippen LogP contribution in [0.5, 0.6) is 5.75 Å². The number of hydrogen-bond acceptors (Lipinski definition) is 5. The number of benzene rings is 1. The van der Waals surface area contributed by atoms with Crippen molar-refractivity contribution < 1.29 is 18.3 Å². The smallest absolute Gasteiger partial charge is 0.387 e. The largest absolute Gasteiger partial charge is 0.435 e. The first-order valence-corrected chi connectivity index (χ1v) is 10.9. The van der Waals surface area contributed by atoms with Crippen LogP contribution in [0.25, 0.3) is 16.6 Å². The molecule has 1 saturated carbocycles. The lowest BCUT2D eigenvalue weighted by molar-refractivity contribution is -0.0498. The van der Waals surface area contributed by atoms with E-state index in [4.69, 9.17) is 5.73 Å². The van der Waals surface area contributed by atoms with E-state index >= 15 is 0 Å². The molecule has 0 bridgehead atoms. The average molecular weight is 458 g/mol. The highest BCUT2D eigenvalue weighted by Crippen LogP contribution is 2.47. The standard InChI is InChI=1S/C24H29F2N5O2/c1-23(2)19(9-10-24(23,3)28-4)30-20-17(21(27)32)12-29-31-13-15(11-18(20)31)14-5-7-16(8-6-14)33-22(25)26/h5-8,11-13,19,22,28,30H,9-10H2,1-4H3,(H2,27,32)/t19-,24?/m1/s1. The summed E-state index contributed by atoms with van der Waals surface area (Å²) >= 11 is 0. The molecule has 3 aromatic rings. The second-order valence-corrected chi connectivity index (χ2v) is 9.30. The maximum atomic E-state index is 12.4. The van der Waals surface area contributed by atoms with Gasteiger partial charge in [-0.25, -0.2) is 4.52 Å². The molecule has 1 aliphatic carbocycles. The number of aromatic nitrogens is 2. The maximum absolute atomic E-state index is 12.4. The lowest BCUT2D eigenvalue weighted by atomic mass is 9.74. The van der Waals surface area contributed by atoms with Gasteiger partial charge in [0, 0.05) is 28.8 Å². The summed E-state index contributed by atoms with van der Waals surface area (Å²) in [6.45, 7) is 3.76. The van der Waals surface area contributed by atoms with Gasteiger partial charge in [-0.05, 0) is 50.6 Å². The van der Waals surface area contributed by atoms with Gasteiger partial charge in [0.15, 0.2) is 0 Å². The van der Waals surface area contributed by atoms with Gasteiger partial charge in [-0.2, -0.15) is 13.9 Å². The van der Waals surface area contributed by atoms with Crippen molar-refractivity contribution in [2.75, 3.05) is 12.4 Å². The maximum Gasteiger partial charge on any atom is 0.387 e. The number of nitrogens with one attached hydrogen (secondary N) is 2. The number of carbonyl (C=O) groups excluding carboxylic acids is 1. The second kappa shape index (κ2) is 8.30. The summed E-state index contributed by atoms with van der Waals surface area (Å²) in [5.74, 6) is -0.471. The van der Waals surface area contributed by atoms with Gasteiger partial charge in [-0.1, -0.05) is 26.0 Å². The summed E-state index contributed by atoms with van der Waals surface area (Å²) in [5.41, 5.74) is 8.82. The van der Waals surface area contributed by atoms with Crippen LogP contribution in [-0.4, -0.2) is 40.8 Å². The third-order valence-electron chi connectivity index (χ3n) is 7.41. The third kappa shape index (κ3) is 4.01. The number of primary amides is 1. The summed E-state index contributed by atoms with van der Waals surface area (Å²) in [4.78, 5) is 12.2. The molecule has 0 aliphatic heterocycles. The van der Waals surface area contributed by atoms with Gasteiger partial charge in [0.2, 0.25) is 0 Å². The molecule has 0 spiro atoms. The molecule has 1 unspecified atom stereocenters. The number of carbonyl (C=O) groups is 1. The molecule has 33 heavy (non-hydrogen) atoms. The SMILES string of the molecule is CNC1(C)CC[C@@H](Nc2c(C(N)=O)cnn3cc(-c4ccc(OC(F)F)cc4)cc23)C1(C)C. The van der Waals surface area contributed by atoms with Gasteiger partial charge in [0.25, 0.3) is 5.91 Å². The molecule has 0 radical (unpaired) electrons. The van der Waals surface area contributed by atoms with Crippen LogP contribution >= 0.6 is 0 Å². The highest BCUT2D eigenvalue weighted by atomic mass is 19.3. The number of amides is 1. The molecule has 176 valence electrons. The molecule has 0 saturated heterocycles. The van der Waals surface area contributed by atoms with Crippen LogP contribution in [0.1, 0.15) is 44.0 Å². The Bertz CT molecular complexity index is 1180. The van der Waals surface area contributed by atoms with E-state index in [1.165, 1.54) is 18.3 Å². The zero-order chi connectivity index (χ0) is 24.0. The molecule has 2 aromatic heterocycles. The van der Waals surface area contributed by atoms with Crippen LogP contribution in [-0.2, 0) is 0 Å². The Balaban J connectivity index is 1.74. The van der Waals surface area contributed by atoms with Crippen LogP contribution in [0.4, 0.5) is 14.5 Å². The van der Waals surface area contributed by atoms with Gasteiger partial charge < -0.3 is 21.1 Å². The summed E-state index contributed by atoms with van der Waals surface area (Å²) in [6.07, 6.45) is 5.21. The van der Waals surface area contributed by atoms with Crippen molar-refractivity contribution >= 4 is 17.1 Å². The number of halogens is 2. The number of nitrogens with zero attached hydrogens (tertiary/aromatic N) is 2. The fraction of sp³-hybridized carbons (Fsp3) is 0.417. The summed E-state index contributed by atoms with van der Waals surface area (Å²) in [7, 11) is 1.97. The number of fused-ring (bicyclic) bond motifs is 1. The van der Waals surface area contributed by atoms with Crippen molar-refractivity contribution in [3.63, 3.8) is 0 Å². The summed E-state index contributed by atoms with van der Waals surface area (Å²) in [5, 5.41) is 11.4. The molecular formula is C24H29F2N5O2. The van der Waals surface area contributed by atoms with E-state index < -0.39 is 12.5 Å². The zero-order valence-corrected chi connectivity index (χ0v) is 19.2. The quantitative estimate of drug-likeness (QED) is 0.492. The van der Waals surface area contributed by atoms with Gasteiger partial charge in [0.1, 0.15) is 5.75 Å². The minimum Gasteiger partial charge on any atom is -0.435 e. The molecule has 2 atom stereocenters. The Labute approximate surface area is 191 Å². The van der Waals surface area contributed by atoms with E-state index in [1.54, 1.807) is 16.6 Å². The summed E-state index contributed by atoms with van der Waals surface area (Å²) < 4.78 is 31.0. The molecule has 1 aromatic carbocycles. The predicted molar refractivity (Wildman–Crippen MR) is 124 cm³/mol. The van der Waals surface area contributed by atoms with Gasteiger partial charge in [-0.15, -0.1) is 0 Å². The molecule has 1 amide bonds. The molecule has 4 N–H and O–H groups in total. The predicted octanol–water partition coefficient (Wildman–Crippen LogP) is 4.28. The molecule has 7 nitrogen and oxygen atoms in total. The van der Waals surface area contributed by atoms with Crippen molar-refractivity contribution in [2.45, 2.75) is 51.8 Å². The lowest BCUT2D eigenvalue weighted by Gasteiger charge is -2.42.